The molecule has 0 radical (unpaired) electrons. The Hall–Kier alpha value is -1.82. The Kier molecular flexibility index (Phi) is 5.70. The zero-order chi connectivity index (χ0) is 17.9. The standard InChI is InChI=1S/C14H15Cl2N4O3P/c1-24(2,22)11-5-8(7-23-14(17)21)3-4-10(11)19-12-9(15)6-18-13(16)20-12/h3-6H,7H2,1-2H3,(H2,17,21)(H,18,19,20). The Morgan fingerprint density at radius 1 is 1.38 bits per heavy atom. The summed E-state index contributed by atoms with van der Waals surface area (Å²) in [5.74, 6) is 0.299. The minimum Gasteiger partial charge on any atom is -0.445 e. The molecule has 2 aromatic rings. The summed E-state index contributed by atoms with van der Waals surface area (Å²) in [7, 11) is -2.65. The van der Waals surface area contributed by atoms with Crippen LogP contribution in [0.2, 0.25) is 10.3 Å². The summed E-state index contributed by atoms with van der Waals surface area (Å²) in [5.41, 5.74) is 6.17. The van der Waals surface area contributed by atoms with E-state index in [4.69, 9.17) is 33.7 Å². The van der Waals surface area contributed by atoms with Crippen molar-refractivity contribution in [2.75, 3.05) is 18.6 Å². The van der Waals surface area contributed by atoms with Gasteiger partial charge < -0.3 is 20.4 Å². The molecule has 0 fully saturated rings. The van der Waals surface area contributed by atoms with Crippen molar-refractivity contribution in [2.24, 2.45) is 5.73 Å². The van der Waals surface area contributed by atoms with Gasteiger partial charge in [-0.05, 0) is 42.6 Å². The molecule has 0 aliphatic carbocycles. The molecule has 0 spiro atoms. The number of amides is 1. The van der Waals surface area contributed by atoms with Crippen molar-refractivity contribution in [2.45, 2.75) is 6.61 Å². The van der Waals surface area contributed by atoms with Crippen LogP contribution in [0.5, 0.6) is 0 Å². The van der Waals surface area contributed by atoms with E-state index in [-0.39, 0.29) is 16.9 Å². The average molecular weight is 389 g/mol. The number of hydrogen-bond donors (Lipinski definition) is 2. The first-order valence-electron chi connectivity index (χ1n) is 6.72. The van der Waals surface area contributed by atoms with E-state index in [0.29, 0.717) is 22.4 Å². The normalized spacial score (nSPS) is 11.2. The number of halogens is 2. The van der Waals surface area contributed by atoms with Gasteiger partial charge >= 0.3 is 6.09 Å². The van der Waals surface area contributed by atoms with Crippen molar-refractivity contribution in [3.05, 3.63) is 40.3 Å². The number of nitrogens with one attached hydrogen (secondary N) is 1. The molecule has 0 saturated carbocycles. The summed E-state index contributed by atoms with van der Waals surface area (Å²) in [6.45, 7) is 3.24. The van der Waals surface area contributed by atoms with Crippen LogP contribution < -0.4 is 16.4 Å². The Morgan fingerprint density at radius 3 is 2.71 bits per heavy atom. The topological polar surface area (TPSA) is 107 Å². The van der Waals surface area contributed by atoms with Gasteiger partial charge in [0.1, 0.15) is 18.8 Å². The van der Waals surface area contributed by atoms with Gasteiger partial charge in [0.2, 0.25) is 5.28 Å². The number of nitrogens with zero attached hydrogens (tertiary/aromatic N) is 2. The minimum absolute atomic E-state index is 0.0112. The highest BCUT2D eigenvalue weighted by molar-refractivity contribution is 7.70. The molecule has 0 aliphatic heterocycles. The Balaban J connectivity index is 2.40. The molecule has 0 unspecified atom stereocenters. The smallest absolute Gasteiger partial charge is 0.404 e. The number of benzene rings is 1. The fraction of sp³-hybridized carbons (Fsp3) is 0.214. The van der Waals surface area contributed by atoms with Gasteiger partial charge in [0, 0.05) is 5.30 Å². The number of carbonyl (C=O) groups is 1. The molecular formula is C14H15Cl2N4O3P. The zero-order valence-electron chi connectivity index (χ0n) is 12.9. The van der Waals surface area contributed by atoms with Crippen LogP contribution in [0.25, 0.3) is 0 Å². The summed E-state index contributed by atoms with van der Waals surface area (Å²) in [6, 6.07) is 5.09. The van der Waals surface area contributed by atoms with Crippen LogP contribution in [0, 0.1) is 0 Å². The van der Waals surface area contributed by atoms with Gasteiger partial charge in [-0.15, -0.1) is 0 Å². The molecule has 7 nitrogen and oxygen atoms in total. The van der Waals surface area contributed by atoms with E-state index in [1.54, 1.807) is 31.5 Å². The third-order valence-corrected chi connectivity index (χ3v) is 4.98. The van der Waals surface area contributed by atoms with Gasteiger partial charge in [-0.3, -0.25) is 0 Å². The second-order valence-corrected chi connectivity index (χ2v) is 9.20. The second kappa shape index (κ2) is 7.38. The molecule has 0 atom stereocenters. The van der Waals surface area contributed by atoms with E-state index in [1.807, 2.05) is 0 Å². The van der Waals surface area contributed by atoms with Gasteiger partial charge in [0.15, 0.2) is 5.82 Å². The van der Waals surface area contributed by atoms with E-state index in [0.717, 1.165) is 0 Å². The number of rotatable bonds is 5. The lowest BCUT2D eigenvalue weighted by atomic mass is 10.2. The number of aromatic nitrogens is 2. The molecule has 128 valence electrons. The second-order valence-electron chi connectivity index (χ2n) is 5.27. The van der Waals surface area contributed by atoms with E-state index < -0.39 is 13.2 Å². The maximum atomic E-state index is 12.6. The highest BCUT2D eigenvalue weighted by atomic mass is 35.5. The Morgan fingerprint density at radius 2 is 2.08 bits per heavy atom. The SMILES string of the molecule is CP(C)(=O)c1cc(COC(N)=O)ccc1Nc1nc(Cl)ncc1Cl. The van der Waals surface area contributed by atoms with Crippen molar-refractivity contribution >= 4 is 53.2 Å². The van der Waals surface area contributed by atoms with Crippen molar-refractivity contribution in [1.29, 1.82) is 0 Å². The monoisotopic (exact) mass is 388 g/mol. The fourth-order valence-electron chi connectivity index (χ4n) is 1.93. The molecule has 0 bridgehead atoms. The van der Waals surface area contributed by atoms with Gasteiger partial charge in [-0.25, -0.2) is 9.78 Å². The van der Waals surface area contributed by atoms with Crippen LogP contribution in [0.1, 0.15) is 5.56 Å². The van der Waals surface area contributed by atoms with Crippen LogP contribution in [-0.4, -0.2) is 29.4 Å². The molecule has 2 rings (SSSR count). The summed E-state index contributed by atoms with van der Waals surface area (Å²) < 4.78 is 17.4. The van der Waals surface area contributed by atoms with E-state index in [1.165, 1.54) is 6.20 Å². The van der Waals surface area contributed by atoms with Gasteiger partial charge in [-0.1, -0.05) is 17.7 Å². The van der Waals surface area contributed by atoms with Crippen molar-refractivity contribution < 1.29 is 14.1 Å². The molecule has 1 heterocycles. The summed E-state index contributed by atoms with van der Waals surface area (Å²) in [6.07, 6.45) is 0.489. The molecular weight excluding hydrogens is 374 g/mol. The first-order chi connectivity index (χ1) is 11.2. The van der Waals surface area contributed by atoms with Gasteiger partial charge in [-0.2, -0.15) is 4.98 Å². The molecule has 1 aromatic heterocycles. The first-order valence-corrected chi connectivity index (χ1v) is 10.1. The maximum Gasteiger partial charge on any atom is 0.404 e. The summed E-state index contributed by atoms with van der Waals surface area (Å²) in [5, 5.41) is 3.87. The fourth-order valence-corrected chi connectivity index (χ4v) is 3.39. The predicted molar refractivity (Wildman–Crippen MR) is 95.2 cm³/mol. The molecule has 0 aliphatic rings. The third-order valence-electron chi connectivity index (χ3n) is 2.99. The molecule has 3 N–H and O–H groups in total. The average Bonchev–Trinajstić information content (AvgIpc) is 2.48. The number of primary amides is 1. The molecule has 24 heavy (non-hydrogen) atoms. The lowest BCUT2D eigenvalue weighted by molar-refractivity contribution is 0.150. The third kappa shape index (κ3) is 4.84. The number of ether oxygens (including phenoxy) is 1. The van der Waals surface area contributed by atoms with Crippen molar-refractivity contribution in [3.63, 3.8) is 0 Å². The zero-order valence-corrected chi connectivity index (χ0v) is 15.3. The van der Waals surface area contributed by atoms with E-state index >= 15 is 0 Å². The van der Waals surface area contributed by atoms with Crippen LogP contribution in [0.4, 0.5) is 16.3 Å². The van der Waals surface area contributed by atoms with Crippen LogP contribution >= 0.6 is 30.3 Å². The highest BCUT2D eigenvalue weighted by Crippen LogP contribution is 2.39. The Labute approximate surface area is 148 Å². The van der Waals surface area contributed by atoms with E-state index in [9.17, 15) is 9.36 Å². The van der Waals surface area contributed by atoms with Crippen LogP contribution in [0.3, 0.4) is 0 Å². The van der Waals surface area contributed by atoms with Crippen molar-refractivity contribution in [1.82, 2.24) is 9.97 Å². The molecule has 1 amide bonds. The minimum atomic E-state index is -2.65. The summed E-state index contributed by atoms with van der Waals surface area (Å²) >= 11 is 11.8. The van der Waals surface area contributed by atoms with Crippen LogP contribution in [0.15, 0.2) is 24.4 Å². The number of nitrogens with two attached hydrogens (primary N) is 1. The predicted octanol–water partition coefficient (Wildman–Crippen LogP) is 3.37. The quantitative estimate of drug-likeness (QED) is 0.600. The Bertz CT molecular complexity index is 826. The number of carbonyl (C=O) groups excluding carboxylic acids is 1. The van der Waals surface area contributed by atoms with Crippen LogP contribution in [-0.2, 0) is 15.9 Å². The van der Waals surface area contributed by atoms with Gasteiger partial charge in [0.25, 0.3) is 0 Å². The lowest BCUT2D eigenvalue weighted by Crippen LogP contribution is -2.15. The largest absolute Gasteiger partial charge is 0.445 e. The molecule has 10 heteroatoms. The summed E-state index contributed by atoms with van der Waals surface area (Å²) in [4.78, 5) is 18.5. The molecule has 0 saturated heterocycles. The number of hydrogen-bond acceptors (Lipinski definition) is 6. The van der Waals surface area contributed by atoms with Gasteiger partial charge in [0.05, 0.1) is 11.9 Å². The molecule has 1 aromatic carbocycles. The van der Waals surface area contributed by atoms with E-state index in [2.05, 4.69) is 15.3 Å². The van der Waals surface area contributed by atoms with Crippen molar-refractivity contribution in [3.8, 4) is 0 Å². The maximum absolute atomic E-state index is 12.6. The highest BCUT2D eigenvalue weighted by Gasteiger charge is 2.18. The number of anilines is 2. The lowest BCUT2D eigenvalue weighted by Gasteiger charge is -2.17. The first kappa shape index (κ1) is 18.5.